The highest BCUT2D eigenvalue weighted by atomic mass is 32.2. The van der Waals surface area contributed by atoms with Crippen molar-refractivity contribution in [3.8, 4) is 28.2 Å². The molecule has 0 bridgehead atoms. The molecule has 66 heavy (non-hydrogen) atoms. The number of anilines is 1. The molecule has 1 amide bonds. The van der Waals surface area contributed by atoms with Gasteiger partial charge in [0, 0.05) is 54.3 Å². The van der Waals surface area contributed by atoms with Gasteiger partial charge in [-0.1, -0.05) is 30.3 Å². The van der Waals surface area contributed by atoms with Gasteiger partial charge in [-0.05, 0) is 65.6 Å². The van der Waals surface area contributed by atoms with Crippen LogP contribution in [0.25, 0.3) is 33.4 Å². The Labute approximate surface area is 375 Å². The van der Waals surface area contributed by atoms with Crippen molar-refractivity contribution in [1.29, 1.82) is 0 Å². The highest BCUT2D eigenvalue weighted by molar-refractivity contribution is 7.87. The number of phenols is 1. The van der Waals surface area contributed by atoms with Crippen LogP contribution in [0.1, 0.15) is 27.9 Å². The van der Waals surface area contributed by atoms with Crippen molar-refractivity contribution in [3.05, 3.63) is 107 Å². The van der Waals surface area contributed by atoms with Crippen molar-refractivity contribution in [2.24, 2.45) is 4.99 Å². The Hall–Kier alpha value is -5.89. The monoisotopic (exact) mass is 1010 g/mol. The van der Waals surface area contributed by atoms with Crippen LogP contribution in [-0.4, -0.2) is 106 Å². The molecule has 0 unspecified atom stereocenters. The van der Waals surface area contributed by atoms with Crippen molar-refractivity contribution >= 4 is 73.2 Å². The molecule has 0 saturated carbocycles. The molecule has 2 aliphatic rings. The summed E-state index contributed by atoms with van der Waals surface area (Å²) in [5.41, 5.74) is -0.944. The molecule has 0 saturated heterocycles. The standard InChI is InChI=1S/C38H35N3O20S5/c1-41(11-4-12-60-44)38(43)26-6-3-2-5-25(26)37-27-15-31(42)29(39-19-21-7-9-23(62(45,46)47)13-34(21)64(51,52)53)17-32(27)61-33-18-30(36(16-28(33)37)66(57,58)59)40-20-22-8-10-24(63(48,49)50)14-35(22)65(54,55)56/h2-3,5-10,13-18,39,42,44H,4,11-12,19-20H2,1H3,(H,45,46,47)(H,48,49,50)(H,51,52,53)(H,54,55,56)(H,57,58,59). The third-order valence-corrected chi connectivity index (χ3v) is 14.3. The predicted molar refractivity (Wildman–Crippen MR) is 229 cm³/mol. The molecule has 23 nitrogen and oxygen atoms in total. The van der Waals surface area contributed by atoms with E-state index < -0.39 is 111 Å². The average molecular weight is 1010 g/mol. The summed E-state index contributed by atoms with van der Waals surface area (Å²) < 4.78 is 177. The first-order chi connectivity index (χ1) is 30.6. The first-order valence-electron chi connectivity index (χ1n) is 18.4. The predicted octanol–water partition coefficient (Wildman–Crippen LogP) is 3.81. The van der Waals surface area contributed by atoms with Crippen molar-refractivity contribution in [2.75, 3.05) is 25.5 Å². The van der Waals surface area contributed by atoms with Crippen LogP contribution in [0, 0.1) is 0 Å². The lowest BCUT2D eigenvalue weighted by Gasteiger charge is -2.22. The molecular formula is C38H35N3O20S5. The number of hydrogen-bond donors (Lipinski definition) is 8. The summed E-state index contributed by atoms with van der Waals surface area (Å²) in [5, 5.41) is 22.3. The molecule has 1 heterocycles. The quantitative estimate of drug-likeness (QED) is 0.0171. The van der Waals surface area contributed by atoms with E-state index in [4.69, 9.17) is 9.67 Å². The summed E-state index contributed by atoms with van der Waals surface area (Å²) in [6, 6.07) is 14.6. The summed E-state index contributed by atoms with van der Waals surface area (Å²) in [4.78, 5) is 18.9. The van der Waals surface area contributed by atoms with Gasteiger partial charge in [-0.3, -0.25) is 37.8 Å². The molecule has 4 aromatic carbocycles. The van der Waals surface area contributed by atoms with Gasteiger partial charge in [0.25, 0.3) is 56.5 Å². The minimum absolute atomic E-state index is 0.000889. The SMILES string of the molecule is CN(CCCOO)C(=O)c1ccccc1-c1c2cc(S(=O)(=O)O)c(=NCc3ccc(S(=O)(=O)O)cc3S(=O)(=O)O)cc-2oc2cc(NCc3ccc(S(=O)(=O)O)cc3S(=O)(=O)O)c(O)cc12. The molecular weight excluding hydrogens is 979 g/mol. The van der Waals surface area contributed by atoms with Gasteiger partial charge in [0.05, 0.1) is 34.0 Å². The zero-order valence-electron chi connectivity index (χ0n) is 33.5. The Morgan fingerprint density at radius 3 is 1.85 bits per heavy atom. The third-order valence-electron chi connectivity index (χ3n) is 9.82. The van der Waals surface area contributed by atoms with Gasteiger partial charge in [0.1, 0.15) is 31.8 Å². The van der Waals surface area contributed by atoms with Crippen LogP contribution >= 0.6 is 0 Å². The first kappa shape index (κ1) is 49.5. The van der Waals surface area contributed by atoms with Gasteiger partial charge in [0.2, 0.25) is 0 Å². The molecule has 4 aromatic rings. The topological polar surface area (TPSA) is 379 Å². The maximum atomic E-state index is 14.0. The number of nitrogens with one attached hydrogen (secondary N) is 1. The number of aromatic hydroxyl groups is 1. The summed E-state index contributed by atoms with van der Waals surface area (Å²) in [7, 11) is -24.0. The van der Waals surface area contributed by atoms with E-state index in [2.05, 4.69) is 15.2 Å². The Morgan fingerprint density at radius 2 is 1.27 bits per heavy atom. The number of phenolic OH excluding ortho intramolecular Hbond substituents is 1. The Kier molecular flexibility index (Phi) is 13.8. The van der Waals surface area contributed by atoms with Crippen LogP contribution in [0.3, 0.4) is 0 Å². The van der Waals surface area contributed by atoms with Crippen LogP contribution in [0.2, 0.25) is 0 Å². The number of carbonyl (C=O) groups excluding carboxylic acids is 1. The van der Waals surface area contributed by atoms with Gasteiger partial charge in [0.15, 0.2) is 0 Å². The maximum absolute atomic E-state index is 14.0. The summed E-state index contributed by atoms with van der Waals surface area (Å²) in [6.45, 7) is -1.36. The van der Waals surface area contributed by atoms with Gasteiger partial charge in [-0.2, -0.15) is 42.1 Å². The second kappa shape index (κ2) is 18.4. The number of amides is 1. The van der Waals surface area contributed by atoms with E-state index in [0.717, 1.165) is 42.5 Å². The van der Waals surface area contributed by atoms with Crippen molar-refractivity contribution in [1.82, 2.24) is 4.90 Å². The fraction of sp³-hybridized carbons (Fsp3) is 0.158. The molecule has 0 radical (unpaired) electrons. The number of carbonyl (C=O) groups is 1. The van der Waals surface area contributed by atoms with Crippen LogP contribution < -0.4 is 10.7 Å². The minimum atomic E-state index is -5.26. The molecule has 0 spiro atoms. The van der Waals surface area contributed by atoms with E-state index in [1.165, 1.54) is 42.3 Å². The second-order valence-electron chi connectivity index (χ2n) is 14.2. The molecule has 1 aliphatic heterocycles. The smallest absolute Gasteiger partial charge is 0.296 e. The van der Waals surface area contributed by atoms with Crippen LogP contribution in [0.5, 0.6) is 5.75 Å². The fourth-order valence-corrected chi connectivity index (χ4v) is 10.1. The number of hydrogen-bond acceptors (Lipinski definition) is 17. The molecule has 28 heteroatoms. The van der Waals surface area contributed by atoms with Gasteiger partial charge in [-0.25, -0.2) is 4.89 Å². The van der Waals surface area contributed by atoms with Crippen LogP contribution in [0.15, 0.2) is 119 Å². The Morgan fingerprint density at radius 1 is 0.697 bits per heavy atom. The van der Waals surface area contributed by atoms with Gasteiger partial charge >= 0.3 is 0 Å². The molecule has 8 N–H and O–H groups in total. The van der Waals surface area contributed by atoms with E-state index in [9.17, 15) is 74.8 Å². The molecule has 1 aliphatic carbocycles. The van der Waals surface area contributed by atoms with E-state index in [-0.39, 0.29) is 69.8 Å². The van der Waals surface area contributed by atoms with Crippen LogP contribution in [0.4, 0.5) is 5.69 Å². The zero-order valence-corrected chi connectivity index (χ0v) is 37.6. The molecule has 352 valence electrons. The lowest BCUT2D eigenvalue weighted by Crippen LogP contribution is -2.28. The minimum Gasteiger partial charge on any atom is -0.506 e. The lowest BCUT2D eigenvalue weighted by atomic mass is 9.90. The van der Waals surface area contributed by atoms with E-state index in [1.54, 1.807) is 0 Å². The lowest BCUT2D eigenvalue weighted by molar-refractivity contribution is -0.242. The highest BCUT2D eigenvalue weighted by Gasteiger charge is 2.28. The van der Waals surface area contributed by atoms with Crippen molar-refractivity contribution < 1.29 is 89.3 Å². The van der Waals surface area contributed by atoms with Crippen molar-refractivity contribution in [2.45, 2.75) is 44.0 Å². The second-order valence-corrected chi connectivity index (χ2v) is 21.2. The van der Waals surface area contributed by atoms with E-state index >= 15 is 0 Å². The summed E-state index contributed by atoms with van der Waals surface area (Å²) >= 11 is 0. The highest BCUT2D eigenvalue weighted by Crippen LogP contribution is 2.45. The first-order valence-corrected chi connectivity index (χ1v) is 25.6. The Balaban J connectivity index is 1.62. The number of benzene rings is 5. The van der Waals surface area contributed by atoms with Crippen LogP contribution in [-0.2, 0) is 68.6 Å². The summed E-state index contributed by atoms with van der Waals surface area (Å²) in [5.74, 6) is -1.39. The average Bonchev–Trinajstić information content (AvgIpc) is 3.22. The molecule has 6 rings (SSSR count). The number of nitrogens with zero attached hydrogens (tertiary/aromatic N) is 2. The maximum Gasteiger partial charge on any atom is 0.296 e. The van der Waals surface area contributed by atoms with E-state index in [0.29, 0.717) is 12.1 Å². The van der Waals surface area contributed by atoms with Gasteiger partial charge in [-0.15, -0.1) is 0 Å². The third kappa shape index (κ3) is 10.9. The zero-order chi connectivity index (χ0) is 48.7. The van der Waals surface area contributed by atoms with Gasteiger partial charge < -0.3 is 19.7 Å². The molecule has 0 aromatic heterocycles. The van der Waals surface area contributed by atoms with E-state index in [1.807, 2.05) is 0 Å². The Bertz CT molecular complexity index is 3560. The molecule has 0 fully saturated rings. The largest absolute Gasteiger partial charge is 0.506 e. The number of fused-ring (bicyclic) bond motifs is 2. The summed E-state index contributed by atoms with van der Waals surface area (Å²) in [6.07, 6.45) is 0.206. The fourth-order valence-electron chi connectivity index (χ4n) is 6.77. The number of rotatable bonds is 16. The van der Waals surface area contributed by atoms with Crippen molar-refractivity contribution in [3.63, 3.8) is 0 Å². The molecule has 0 atom stereocenters. The normalized spacial score (nSPS) is 13.0.